The molecule has 5 nitrogen and oxygen atoms in total. The highest BCUT2D eigenvalue weighted by molar-refractivity contribution is 5.93. The predicted molar refractivity (Wildman–Crippen MR) is 55.5 cm³/mol. The van der Waals surface area contributed by atoms with Gasteiger partial charge in [0, 0.05) is 11.5 Å². The number of hydrogen-bond acceptors (Lipinski definition) is 5. The van der Waals surface area contributed by atoms with E-state index < -0.39 is 5.97 Å². The van der Waals surface area contributed by atoms with Crippen molar-refractivity contribution < 1.29 is 24.2 Å². The summed E-state index contributed by atoms with van der Waals surface area (Å²) >= 11 is 0. The lowest BCUT2D eigenvalue weighted by molar-refractivity contribution is 0.0492. The van der Waals surface area contributed by atoms with Crippen LogP contribution < -0.4 is 0 Å². The number of phenolic OH excluding ortho intramolecular Hbond substituents is 2. The Bertz CT molecular complexity index is 502. The van der Waals surface area contributed by atoms with Gasteiger partial charge in [-0.25, -0.2) is 4.79 Å². The minimum atomic E-state index is -0.572. The number of carbonyl (C=O) groups is 1. The molecule has 2 rings (SSSR count). The number of carbonyl (C=O) groups excluding carboxylic acids is 1. The highest BCUT2D eigenvalue weighted by Gasteiger charge is 2.14. The van der Waals surface area contributed by atoms with E-state index in [1.165, 1.54) is 18.2 Å². The van der Waals surface area contributed by atoms with Crippen LogP contribution in [0.5, 0.6) is 11.5 Å². The van der Waals surface area contributed by atoms with Crippen LogP contribution in [0.2, 0.25) is 0 Å². The topological polar surface area (TPSA) is 79.9 Å². The van der Waals surface area contributed by atoms with Crippen LogP contribution in [0.4, 0.5) is 0 Å². The van der Waals surface area contributed by atoms with E-state index in [1.54, 1.807) is 6.92 Å². The van der Waals surface area contributed by atoms with Gasteiger partial charge in [-0.3, -0.25) is 0 Å². The lowest BCUT2D eigenvalue weighted by Gasteiger charge is -1.96. The minimum absolute atomic E-state index is 0.0434. The molecule has 2 aromatic rings. The van der Waals surface area contributed by atoms with Gasteiger partial charge < -0.3 is 19.4 Å². The maximum absolute atomic E-state index is 11.3. The lowest BCUT2D eigenvalue weighted by atomic mass is 10.2. The van der Waals surface area contributed by atoms with Crippen molar-refractivity contribution in [2.24, 2.45) is 0 Å². The van der Waals surface area contributed by atoms with E-state index in [9.17, 15) is 15.0 Å². The van der Waals surface area contributed by atoms with Crippen LogP contribution in [0.25, 0.3) is 11.0 Å². The fourth-order valence-corrected chi connectivity index (χ4v) is 1.37. The van der Waals surface area contributed by atoms with Crippen LogP contribution >= 0.6 is 0 Å². The van der Waals surface area contributed by atoms with Crippen molar-refractivity contribution in [1.29, 1.82) is 0 Å². The smallest absolute Gasteiger partial charge is 0.374 e. The van der Waals surface area contributed by atoms with Gasteiger partial charge in [-0.1, -0.05) is 0 Å². The van der Waals surface area contributed by atoms with E-state index >= 15 is 0 Å². The molecule has 0 unspecified atom stereocenters. The molecule has 0 fully saturated rings. The van der Waals surface area contributed by atoms with E-state index in [0.717, 1.165) is 0 Å². The number of phenols is 2. The molecule has 1 heterocycles. The second kappa shape index (κ2) is 3.77. The Hall–Kier alpha value is -2.17. The summed E-state index contributed by atoms with van der Waals surface area (Å²) in [5, 5.41) is 19.0. The van der Waals surface area contributed by atoms with Gasteiger partial charge in [0.25, 0.3) is 0 Å². The SMILES string of the molecule is CCOC(=O)c1cc2cc(O)c(O)cc2o1. The van der Waals surface area contributed by atoms with Crippen LogP contribution in [0.3, 0.4) is 0 Å². The fraction of sp³-hybridized carbons (Fsp3) is 0.182. The fourth-order valence-electron chi connectivity index (χ4n) is 1.37. The van der Waals surface area contributed by atoms with Crippen LogP contribution in [0, 0.1) is 0 Å². The number of esters is 1. The van der Waals surface area contributed by atoms with Gasteiger partial charge in [0.15, 0.2) is 11.5 Å². The Kier molecular flexibility index (Phi) is 2.44. The third kappa shape index (κ3) is 1.67. The molecule has 1 aromatic heterocycles. The van der Waals surface area contributed by atoms with Gasteiger partial charge in [0.1, 0.15) is 5.58 Å². The molecule has 0 aliphatic heterocycles. The first kappa shape index (κ1) is 10.4. The first-order chi connectivity index (χ1) is 7.61. The Morgan fingerprint density at radius 1 is 1.31 bits per heavy atom. The average molecular weight is 222 g/mol. The number of hydrogen-bond donors (Lipinski definition) is 2. The summed E-state index contributed by atoms with van der Waals surface area (Å²) in [4.78, 5) is 11.3. The highest BCUT2D eigenvalue weighted by atomic mass is 16.5. The maximum atomic E-state index is 11.3. The van der Waals surface area contributed by atoms with Crippen LogP contribution in [0.1, 0.15) is 17.5 Å². The molecule has 0 saturated heterocycles. The summed E-state index contributed by atoms with van der Waals surface area (Å²) in [7, 11) is 0. The molecule has 1 aromatic carbocycles. The molecule has 5 heteroatoms. The van der Waals surface area contributed by atoms with E-state index in [1.807, 2.05) is 0 Å². The van der Waals surface area contributed by atoms with E-state index in [0.29, 0.717) is 11.0 Å². The number of furan rings is 1. The number of aromatic hydroxyl groups is 2. The van der Waals surface area contributed by atoms with Gasteiger partial charge in [0.05, 0.1) is 6.61 Å². The summed E-state index contributed by atoms with van der Waals surface area (Å²) in [5.74, 6) is -1.08. The summed E-state index contributed by atoms with van der Waals surface area (Å²) < 4.78 is 9.93. The molecule has 0 saturated carbocycles. The molecule has 0 aliphatic carbocycles. The van der Waals surface area contributed by atoms with Crippen LogP contribution in [-0.4, -0.2) is 22.8 Å². The zero-order valence-corrected chi connectivity index (χ0v) is 8.56. The molecule has 0 bridgehead atoms. The molecule has 0 aliphatic rings. The molecular weight excluding hydrogens is 212 g/mol. The van der Waals surface area contributed by atoms with Gasteiger partial charge >= 0.3 is 5.97 Å². The molecule has 16 heavy (non-hydrogen) atoms. The normalized spacial score (nSPS) is 10.6. The molecule has 2 N–H and O–H groups in total. The molecular formula is C11H10O5. The third-order valence-corrected chi connectivity index (χ3v) is 2.09. The van der Waals surface area contributed by atoms with Crippen LogP contribution in [0.15, 0.2) is 22.6 Å². The van der Waals surface area contributed by atoms with Gasteiger partial charge in [0.2, 0.25) is 5.76 Å². The molecule has 84 valence electrons. The highest BCUT2D eigenvalue weighted by Crippen LogP contribution is 2.32. The van der Waals surface area contributed by atoms with Crippen molar-refractivity contribution in [3.05, 3.63) is 24.0 Å². The van der Waals surface area contributed by atoms with E-state index in [2.05, 4.69) is 0 Å². The average Bonchev–Trinajstić information content (AvgIpc) is 2.62. The third-order valence-electron chi connectivity index (χ3n) is 2.09. The van der Waals surface area contributed by atoms with Gasteiger partial charge in [-0.05, 0) is 19.1 Å². The first-order valence-corrected chi connectivity index (χ1v) is 4.74. The minimum Gasteiger partial charge on any atom is -0.504 e. The summed E-state index contributed by atoms with van der Waals surface area (Å²) in [6, 6.07) is 4.01. The molecule has 0 amide bonds. The maximum Gasteiger partial charge on any atom is 0.374 e. The molecule has 0 atom stereocenters. The first-order valence-electron chi connectivity index (χ1n) is 4.74. The predicted octanol–water partition coefficient (Wildman–Crippen LogP) is 2.02. The summed E-state index contributed by atoms with van der Waals surface area (Å²) in [6.45, 7) is 1.95. The van der Waals surface area contributed by atoms with Crippen molar-refractivity contribution >= 4 is 16.9 Å². The monoisotopic (exact) mass is 222 g/mol. The standard InChI is InChI=1S/C11H10O5/c1-2-15-11(14)10-4-6-3-7(12)8(13)5-9(6)16-10/h3-5,12-13H,2H2,1H3. The van der Waals surface area contributed by atoms with Crippen molar-refractivity contribution in [2.45, 2.75) is 6.92 Å². The van der Waals surface area contributed by atoms with Crippen LogP contribution in [-0.2, 0) is 4.74 Å². The Morgan fingerprint density at radius 2 is 2.00 bits per heavy atom. The van der Waals surface area contributed by atoms with Crippen molar-refractivity contribution in [1.82, 2.24) is 0 Å². The van der Waals surface area contributed by atoms with Crippen molar-refractivity contribution in [2.75, 3.05) is 6.61 Å². The van der Waals surface area contributed by atoms with Crippen molar-refractivity contribution in [3.63, 3.8) is 0 Å². The largest absolute Gasteiger partial charge is 0.504 e. The number of ether oxygens (including phenoxy) is 1. The lowest BCUT2D eigenvalue weighted by Crippen LogP contribution is -2.02. The van der Waals surface area contributed by atoms with Gasteiger partial charge in [-0.15, -0.1) is 0 Å². The Balaban J connectivity index is 2.48. The van der Waals surface area contributed by atoms with E-state index in [4.69, 9.17) is 9.15 Å². The second-order valence-corrected chi connectivity index (χ2v) is 3.21. The quantitative estimate of drug-likeness (QED) is 0.600. The van der Waals surface area contributed by atoms with Crippen molar-refractivity contribution in [3.8, 4) is 11.5 Å². The number of fused-ring (bicyclic) bond motifs is 1. The number of benzene rings is 1. The van der Waals surface area contributed by atoms with Gasteiger partial charge in [-0.2, -0.15) is 0 Å². The molecule has 0 radical (unpaired) electrons. The summed E-state index contributed by atoms with van der Waals surface area (Å²) in [5.41, 5.74) is 0.318. The summed E-state index contributed by atoms with van der Waals surface area (Å²) in [6.07, 6.45) is 0. The zero-order valence-electron chi connectivity index (χ0n) is 8.56. The number of rotatable bonds is 2. The second-order valence-electron chi connectivity index (χ2n) is 3.21. The Morgan fingerprint density at radius 3 is 2.69 bits per heavy atom. The van der Waals surface area contributed by atoms with E-state index in [-0.39, 0.29) is 23.9 Å². The Labute approximate surface area is 90.9 Å². The zero-order chi connectivity index (χ0) is 11.7. The molecule has 0 spiro atoms.